The molecule has 3 aromatic rings. The molecule has 11 nitrogen and oxygen atoms in total. The summed E-state index contributed by atoms with van der Waals surface area (Å²) in [5.41, 5.74) is 0.592. The summed E-state index contributed by atoms with van der Waals surface area (Å²) < 4.78 is 0. The van der Waals surface area contributed by atoms with Crippen LogP contribution < -0.4 is 0 Å². The topological polar surface area (TPSA) is 158 Å². The molecule has 2 aromatic carbocycles. The molecule has 0 unspecified atom stereocenters. The Morgan fingerprint density at radius 2 is 1.50 bits per heavy atom. The van der Waals surface area contributed by atoms with Crippen molar-refractivity contribution in [2.45, 2.75) is 10.9 Å². The molecular weight excluding hydrogens is 366 g/mol. The zero-order chi connectivity index (χ0) is 18.8. The van der Waals surface area contributed by atoms with E-state index in [4.69, 9.17) is 0 Å². The van der Waals surface area contributed by atoms with Crippen molar-refractivity contribution in [3.63, 3.8) is 0 Å². The molecule has 1 N–H and O–H groups in total. The van der Waals surface area contributed by atoms with E-state index in [1.165, 1.54) is 42.1 Å². The minimum atomic E-state index is -0.693. The molecule has 0 saturated carbocycles. The van der Waals surface area contributed by atoms with Gasteiger partial charge < -0.3 is 4.98 Å². The highest BCUT2D eigenvalue weighted by atomic mass is 32.2. The summed E-state index contributed by atoms with van der Waals surface area (Å²) in [6, 6.07) is 7.60. The first-order valence-electron chi connectivity index (χ1n) is 7.03. The van der Waals surface area contributed by atoms with E-state index in [0.29, 0.717) is 21.8 Å². The number of nitro benzene ring substituents is 3. The molecule has 26 heavy (non-hydrogen) atoms. The van der Waals surface area contributed by atoms with E-state index in [0.717, 1.165) is 6.07 Å². The Kier molecular flexibility index (Phi) is 4.49. The second-order valence-corrected chi connectivity index (χ2v) is 6.13. The molecule has 0 saturated heterocycles. The van der Waals surface area contributed by atoms with Gasteiger partial charge in [0.1, 0.15) is 0 Å². The summed E-state index contributed by atoms with van der Waals surface area (Å²) in [5, 5.41) is 33.0. The number of nitro groups is 3. The van der Waals surface area contributed by atoms with Gasteiger partial charge in [0.2, 0.25) is 0 Å². The maximum atomic E-state index is 10.9. The summed E-state index contributed by atoms with van der Waals surface area (Å²) in [5.74, 6) is 0.199. The molecule has 1 aromatic heterocycles. The normalized spacial score (nSPS) is 10.8. The fraction of sp³-hybridized carbons (Fsp3) is 0.0714. The van der Waals surface area contributed by atoms with Gasteiger partial charge >= 0.3 is 0 Å². The molecule has 0 atom stereocenters. The SMILES string of the molecule is O=[N+]([O-])c1cc(CSc2nc3ccc([N+](=O)[O-])cc3[nH]2)cc([N+](=O)[O-])c1. The number of imidazole rings is 1. The van der Waals surface area contributed by atoms with Crippen molar-refractivity contribution >= 4 is 39.9 Å². The van der Waals surface area contributed by atoms with Gasteiger partial charge in [-0.05, 0) is 11.6 Å². The third kappa shape index (κ3) is 3.59. The van der Waals surface area contributed by atoms with E-state index >= 15 is 0 Å². The molecule has 3 rings (SSSR count). The van der Waals surface area contributed by atoms with Crippen LogP contribution in [0.25, 0.3) is 11.0 Å². The smallest absolute Gasteiger partial charge is 0.276 e. The van der Waals surface area contributed by atoms with Gasteiger partial charge in [0.25, 0.3) is 17.1 Å². The second-order valence-electron chi connectivity index (χ2n) is 5.16. The first-order valence-corrected chi connectivity index (χ1v) is 8.02. The molecule has 132 valence electrons. The van der Waals surface area contributed by atoms with Crippen molar-refractivity contribution in [1.82, 2.24) is 9.97 Å². The first kappa shape index (κ1) is 17.3. The van der Waals surface area contributed by atoms with Crippen LogP contribution in [0.2, 0.25) is 0 Å². The van der Waals surface area contributed by atoms with Crippen LogP contribution in [0.1, 0.15) is 5.56 Å². The van der Waals surface area contributed by atoms with E-state index in [9.17, 15) is 30.3 Å². The second kappa shape index (κ2) is 6.76. The standard InChI is InChI=1S/C14H9N5O6S/c20-17(21)9-1-2-12-13(6-9)16-14(15-12)26-7-8-3-10(18(22)23)5-11(4-8)19(24)25/h1-6H,7H2,(H,15,16). The number of thioether (sulfide) groups is 1. The van der Waals surface area contributed by atoms with E-state index in [1.807, 2.05) is 0 Å². The van der Waals surface area contributed by atoms with Gasteiger partial charge in [-0.2, -0.15) is 0 Å². The predicted octanol–water partition coefficient (Wildman–Crippen LogP) is 3.58. The number of hydrogen-bond acceptors (Lipinski definition) is 8. The lowest BCUT2D eigenvalue weighted by atomic mass is 10.2. The van der Waals surface area contributed by atoms with Crippen LogP contribution in [-0.2, 0) is 5.75 Å². The Hall–Kier alpha value is -3.54. The van der Waals surface area contributed by atoms with Crippen LogP contribution in [0.3, 0.4) is 0 Å². The summed E-state index contributed by atoms with van der Waals surface area (Å²) in [6.45, 7) is 0. The van der Waals surface area contributed by atoms with E-state index in [1.54, 1.807) is 0 Å². The average molecular weight is 375 g/mol. The predicted molar refractivity (Wildman–Crippen MR) is 92.1 cm³/mol. The Bertz CT molecular complexity index is 1020. The lowest BCUT2D eigenvalue weighted by Gasteiger charge is -2.00. The molecule has 0 aliphatic heterocycles. The number of nitrogens with one attached hydrogen (secondary N) is 1. The number of rotatable bonds is 6. The van der Waals surface area contributed by atoms with Crippen molar-refractivity contribution in [2.24, 2.45) is 0 Å². The van der Waals surface area contributed by atoms with Crippen LogP contribution in [0, 0.1) is 30.3 Å². The van der Waals surface area contributed by atoms with Gasteiger partial charge in [-0.25, -0.2) is 4.98 Å². The minimum absolute atomic E-state index is 0.0768. The highest BCUT2D eigenvalue weighted by Gasteiger charge is 2.17. The summed E-state index contributed by atoms with van der Waals surface area (Å²) >= 11 is 1.17. The van der Waals surface area contributed by atoms with Crippen molar-refractivity contribution in [1.29, 1.82) is 0 Å². The van der Waals surface area contributed by atoms with E-state index in [-0.39, 0.29) is 22.8 Å². The Morgan fingerprint density at radius 1 is 0.885 bits per heavy atom. The Balaban J connectivity index is 1.84. The molecule has 0 radical (unpaired) electrons. The van der Waals surface area contributed by atoms with Gasteiger partial charge in [0.15, 0.2) is 5.16 Å². The maximum absolute atomic E-state index is 10.9. The molecule has 0 bridgehead atoms. The molecule has 1 heterocycles. The van der Waals surface area contributed by atoms with Crippen LogP contribution in [0.5, 0.6) is 0 Å². The van der Waals surface area contributed by atoms with Crippen molar-refractivity contribution in [3.8, 4) is 0 Å². The zero-order valence-corrected chi connectivity index (χ0v) is 13.6. The summed E-state index contributed by atoms with van der Waals surface area (Å²) in [7, 11) is 0. The number of aromatic nitrogens is 2. The van der Waals surface area contributed by atoms with Crippen molar-refractivity contribution in [3.05, 3.63) is 72.3 Å². The number of aromatic amines is 1. The number of non-ortho nitro benzene ring substituents is 3. The lowest BCUT2D eigenvalue weighted by molar-refractivity contribution is -0.394. The summed E-state index contributed by atoms with van der Waals surface area (Å²) in [6.07, 6.45) is 0. The lowest BCUT2D eigenvalue weighted by Crippen LogP contribution is -1.95. The molecule has 0 fully saturated rings. The van der Waals surface area contributed by atoms with Gasteiger partial charge in [-0.3, -0.25) is 30.3 Å². The number of hydrogen-bond donors (Lipinski definition) is 1. The van der Waals surface area contributed by atoms with Gasteiger partial charge in [0.05, 0.1) is 31.9 Å². The number of H-pyrrole nitrogens is 1. The number of benzene rings is 2. The molecular formula is C14H9N5O6S. The number of nitrogens with zero attached hydrogens (tertiary/aromatic N) is 4. The molecule has 0 aliphatic carbocycles. The van der Waals surface area contributed by atoms with Crippen LogP contribution in [0.15, 0.2) is 41.6 Å². The third-order valence-electron chi connectivity index (χ3n) is 3.41. The third-order valence-corrected chi connectivity index (χ3v) is 4.36. The van der Waals surface area contributed by atoms with Gasteiger partial charge in [0, 0.05) is 30.0 Å². The van der Waals surface area contributed by atoms with Crippen molar-refractivity contribution in [2.75, 3.05) is 0 Å². The highest BCUT2D eigenvalue weighted by Crippen LogP contribution is 2.29. The van der Waals surface area contributed by atoms with Gasteiger partial charge in [-0.15, -0.1) is 0 Å². The molecule has 0 amide bonds. The van der Waals surface area contributed by atoms with Gasteiger partial charge in [-0.1, -0.05) is 11.8 Å². The monoisotopic (exact) mass is 375 g/mol. The van der Waals surface area contributed by atoms with Crippen LogP contribution in [0.4, 0.5) is 17.1 Å². The Morgan fingerprint density at radius 3 is 2.08 bits per heavy atom. The Labute approximate surface area is 148 Å². The first-order chi connectivity index (χ1) is 12.3. The van der Waals surface area contributed by atoms with E-state index < -0.39 is 14.8 Å². The van der Waals surface area contributed by atoms with Crippen LogP contribution >= 0.6 is 11.8 Å². The van der Waals surface area contributed by atoms with Crippen molar-refractivity contribution < 1.29 is 14.8 Å². The minimum Gasteiger partial charge on any atom is -0.333 e. The molecule has 0 aliphatic rings. The zero-order valence-electron chi connectivity index (χ0n) is 12.8. The number of fused-ring (bicyclic) bond motifs is 1. The quantitative estimate of drug-likeness (QED) is 0.389. The highest BCUT2D eigenvalue weighted by molar-refractivity contribution is 7.98. The molecule has 0 spiro atoms. The van der Waals surface area contributed by atoms with Crippen LogP contribution in [-0.4, -0.2) is 24.7 Å². The fourth-order valence-corrected chi connectivity index (χ4v) is 3.07. The average Bonchev–Trinajstić information content (AvgIpc) is 3.01. The maximum Gasteiger partial charge on any atom is 0.276 e. The fourth-order valence-electron chi connectivity index (χ4n) is 2.26. The molecule has 12 heteroatoms. The largest absolute Gasteiger partial charge is 0.333 e. The van der Waals surface area contributed by atoms with E-state index in [2.05, 4.69) is 9.97 Å². The summed E-state index contributed by atoms with van der Waals surface area (Å²) in [4.78, 5) is 37.9.